The van der Waals surface area contributed by atoms with E-state index in [1.165, 1.54) is 6.07 Å². The summed E-state index contributed by atoms with van der Waals surface area (Å²) >= 11 is 0. The van der Waals surface area contributed by atoms with E-state index in [4.69, 9.17) is 5.90 Å². The molecule has 0 atom stereocenters. The molecule has 52 valence electrons. The summed E-state index contributed by atoms with van der Waals surface area (Å²) in [6.45, 7) is 0. The summed E-state index contributed by atoms with van der Waals surface area (Å²) in [5, 5.41) is 2.69. The highest BCUT2D eigenvalue weighted by Crippen LogP contribution is 2.24. The van der Waals surface area contributed by atoms with Gasteiger partial charge in [-0.1, -0.05) is 12.1 Å². The number of benzene rings is 1. The van der Waals surface area contributed by atoms with Crippen LogP contribution in [0.2, 0.25) is 0 Å². The van der Waals surface area contributed by atoms with Gasteiger partial charge in [0.25, 0.3) is 0 Å². The summed E-state index contributed by atoms with van der Waals surface area (Å²) in [7, 11) is 0. The first-order valence-corrected chi connectivity index (χ1v) is 2.67. The minimum absolute atomic E-state index is 0.213. The van der Waals surface area contributed by atoms with E-state index in [9.17, 15) is 4.91 Å². The van der Waals surface area contributed by atoms with Crippen molar-refractivity contribution in [1.82, 2.24) is 0 Å². The highest BCUT2D eigenvalue weighted by atomic mass is 16.6. The van der Waals surface area contributed by atoms with Crippen LogP contribution < -0.4 is 10.7 Å². The van der Waals surface area contributed by atoms with Gasteiger partial charge in [-0.05, 0) is 17.3 Å². The van der Waals surface area contributed by atoms with Gasteiger partial charge in [0.15, 0.2) is 11.4 Å². The van der Waals surface area contributed by atoms with E-state index in [-0.39, 0.29) is 11.4 Å². The van der Waals surface area contributed by atoms with Crippen molar-refractivity contribution < 1.29 is 4.84 Å². The van der Waals surface area contributed by atoms with Crippen LogP contribution in [0.25, 0.3) is 0 Å². The lowest BCUT2D eigenvalue weighted by atomic mass is 10.3. The molecule has 0 aromatic heterocycles. The highest BCUT2D eigenvalue weighted by molar-refractivity contribution is 5.50. The Balaban J connectivity index is 3.08. The first-order valence-electron chi connectivity index (χ1n) is 2.67. The molecule has 0 spiro atoms. The summed E-state index contributed by atoms with van der Waals surface area (Å²) < 4.78 is 0. The van der Waals surface area contributed by atoms with Gasteiger partial charge in [-0.25, -0.2) is 0 Å². The average molecular weight is 138 g/mol. The van der Waals surface area contributed by atoms with Crippen molar-refractivity contribution in [2.75, 3.05) is 0 Å². The van der Waals surface area contributed by atoms with Crippen LogP contribution in [0.4, 0.5) is 5.69 Å². The minimum atomic E-state index is 0.213. The lowest BCUT2D eigenvalue weighted by molar-refractivity contribution is 0.336. The molecule has 2 N–H and O–H groups in total. The van der Waals surface area contributed by atoms with Gasteiger partial charge in [0.2, 0.25) is 0 Å². The van der Waals surface area contributed by atoms with E-state index in [2.05, 4.69) is 10.0 Å². The van der Waals surface area contributed by atoms with Crippen molar-refractivity contribution in [2.45, 2.75) is 0 Å². The van der Waals surface area contributed by atoms with Gasteiger partial charge in [0.1, 0.15) is 0 Å². The molecule has 0 aliphatic heterocycles. The fourth-order valence-corrected chi connectivity index (χ4v) is 0.632. The van der Waals surface area contributed by atoms with Gasteiger partial charge >= 0.3 is 0 Å². The molecule has 0 heterocycles. The van der Waals surface area contributed by atoms with Crippen molar-refractivity contribution in [3.63, 3.8) is 0 Å². The molecule has 1 aromatic rings. The summed E-state index contributed by atoms with van der Waals surface area (Å²) in [6.07, 6.45) is 0. The van der Waals surface area contributed by atoms with E-state index < -0.39 is 0 Å². The van der Waals surface area contributed by atoms with Crippen molar-refractivity contribution >= 4 is 5.69 Å². The van der Waals surface area contributed by atoms with Gasteiger partial charge < -0.3 is 4.84 Å². The molecule has 4 heteroatoms. The smallest absolute Gasteiger partial charge is 0.175 e. The Kier molecular flexibility index (Phi) is 1.96. The number of rotatable bonds is 2. The number of nitroso groups, excluding NO2 is 1. The van der Waals surface area contributed by atoms with Gasteiger partial charge in [-0.3, -0.25) is 0 Å². The molecule has 0 aliphatic rings. The highest BCUT2D eigenvalue weighted by Gasteiger charge is 1.98. The molecule has 0 saturated heterocycles. The molecular weight excluding hydrogens is 132 g/mol. The largest absolute Gasteiger partial charge is 0.409 e. The summed E-state index contributed by atoms with van der Waals surface area (Å²) in [5.74, 6) is 5.12. The summed E-state index contributed by atoms with van der Waals surface area (Å²) in [4.78, 5) is 14.3. The lowest BCUT2D eigenvalue weighted by Crippen LogP contribution is -2.01. The van der Waals surface area contributed by atoms with Crippen LogP contribution in [0, 0.1) is 4.91 Å². The van der Waals surface area contributed by atoms with E-state index in [1.807, 2.05) is 0 Å². The third kappa shape index (κ3) is 1.11. The molecule has 0 bridgehead atoms. The molecule has 4 nitrogen and oxygen atoms in total. The van der Waals surface area contributed by atoms with Crippen LogP contribution in [0.3, 0.4) is 0 Å². The van der Waals surface area contributed by atoms with Crippen LogP contribution in [-0.4, -0.2) is 0 Å². The topological polar surface area (TPSA) is 64.7 Å². The Morgan fingerprint density at radius 3 is 2.60 bits per heavy atom. The first kappa shape index (κ1) is 6.70. The molecule has 1 rings (SSSR count). The Bertz CT molecular complexity index is 237. The molecule has 0 aliphatic carbocycles. The average Bonchev–Trinajstić information content (AvgIpc) is 2.04. The van der Waals surface area contributed by atoms with E-state index in [1.54, 1.807) is 18.2 Å². The quantitative estimate of drug-likeness (QED) is 0.495. The Morgan fingerprint density at radius 1 is 1.40 bits per heavy atom. The van der Waals surface area contributed by atoms with E-state index >= 15 is 0 Å². The zero-order valence-electron chi connectivity index (χ0n) is 5.15. The van der Waals surface area contributed by atoms with Crippen LogP contribution in [0.1, 0.15) is 0 Å². The third-order valence-corrected chi connectivity index (χ3v) is 1.09. The van der Waals surface area contributed by atoms with Crippen molar-refractivity contribution in [2.24, 2.45) is 11.1 Å². The monoisotopic (exact) mass is 138 g/mol. The molecule has 0 saturated carbocycles. The fraction of sp³-hybridized carbons (Fsp3) is 0. The van der Waals surface area contributed by atoms with Gasteiger partial charge in [0.05, 0.1) is 0 Å². The van der Waals surface area contributed by atoms with Crippen molar-refractivity contribution in [3.05, 3.63) is 29.2 Å². The van der Waals surface area contributed by atoms with E-state index in [0.717, 1.165) is 0 Å². The van der Waals surface area contributed by atoms with Crippen LogP contribution in [0.15, 0.2) is 29.4 Å². The first-order chi connectivity index (χ1) is 4.88. The van der Waals surface area contributed by atoms with Gasteiger partial charge in [-0.2, -0.15) is 5.90 Å². The second-order valence-electron chi connectivity index (χ2n) is 1.68. The van der Waals surface area contributed by atoms with Crippen LogP contribution in [0.5, 0.6) is 5.75 Å². The normalized spacial score (nSPS) is 8.90. The van der Waals surface area contributed by atoms with Crippen molar-refractivity contribution in [3.8, 4) is 5.75 Å². The zero-order valence-corrected chi connectivity index (χ0v) is 5.15. The summed E-state index contributed by atoms with van der Waals surface area (Å²) in [6, 6.07) is 6.47. The Labute approximate surface area is 57.5 Å². The van der Waals surface area contributed by atoms with Crippen LogP contribution in [-0.2, 0) is 0 Å². The standard InChI is InChI=1S/C6H6N2O2/c7-10-6-4-2-1-3-5(6)8-9/h1-4H,7H2. The van der Waals surface area contributed by atoms with Gasteiger partial charge in [-0.15, -0.1) is 4.91 Å². The molecule has 0 amide bonds. The van der Waals surface area contributed by atoms with Gasteiger partial charge in [0, 0.05) is 0 Å². The molecule has 0 unspecified atom stereocenters. The molecule has 0 fully saturated rings. The van der Waals surface area contributed by atoms with E-state index in [0.29, 0.717) is 0 Å². The third-order valence-electron chi connectivity index (χ3n) is 1.09. The second kappa shape index (κ2) is 2.93. The number of nitrogens with two attached hydrogens (primary N) is 1. The molecule has 10 heavy (non-hydrogen) atoms. The predicted octanol–water partition coefficient (Wildman–Crippen LogP) is 1.34. The maximum Gasteiger partial charge on any atom is 0.175 e. The zero-order chi connectivity index (χ0) is 7.40. The number of nitrogens with zero attached hydrogens (tertiary/aromatic N) is 1. The fourth-order valence-electron chi connectivity index (χ4n) is 0.632. The number of hydrogen-bond donors (Lipinski definition) is 1. The molecule has 1 aromatic carbocycles. The minimum Gasteiger partial charge on any atom is -0.409 e. The maximum absolute atomic E-state index is 10.0. The Morgan fingerprint density at radius 2 is 2.10 bits per heavy atom. The lowest BCUT2D eigenvalue weighted by Gasteiger charge is -1.97. The maximum atomic E-state index is 10.0. The molecule has 0 radical (unpaired) electrons. The van der Waals surface area contributed by atoms with Crippen LogP contribution >= 0.6 is 0 Å². The Hall–Kier alpha value is -1.42. The van der Waals surface area contributed by atoms with Crippen molar-refractivity contribution in [1.29, 1.82) is 0 Å². The number of para-hydroxylation sites is 1. The summed E-state index contributed by atoms with van der Waals surface area (Å²) in [5.41, 5.74) is 0.213. The number of hydrogen-bond acceptors (Lipinski definition) is 4. The second-order valence-corrected chi connectivity index (χ2v) is 1.68. The molecular formula is C6H6N2O2. The predicted molar refractivity (Wildman–Crippen MR) is 36.7 cm³/mol. The SMILES string of the molecule is NOc1ccccc1N=O.